The molecule has 8 nitrogen and oxygen atoms in total. The predicted octanol–water partition coefficient (Wildman–Crippen LogP) is 4.97. The summed E-state index contributed by atoms with van der Waals surface area (Å²) < 4.78 is 57.8. The van der Waals surface area contributed by atoms with Crippen LogP contribution < -0.4 is 0 Å². The zero-order valence-corrected chi connectivity index (χ0v) is 29.6. The zero-order valence-electron chi connectivity index (χ0n) is 29.6. The van der Waals surface area contributed by atoms with E-state index in [9.17, 15) is 27.6 Å². The number of nitrogens with zero attached hydrogens (tertiary/aromatic N) is 5. The van der Waals surface area contributed by atoms with Gasteiger partial charge in [-0.05, 0) is 58.7 Å². The van der Waals surface area contributed by atoms with Crippen LogP contribution >= 0.6 is 0 Å². The van der Waals surface area contributed by atoms with E-state index in [0.717, 1.165) is 6.07 Å². The van der Waals surface area contributed by atoms with E-state index in [1.165, 1.54) is 12.1 Å². The van der Waals surface area contributed by atoms with E-state index in [1.54, 1.807) is 35.5 Å². The molecule has 0 radical (unpaired) electrons. The van der Waals surface area contributed by atoms with Gasteiger partial charge in [0.2, 0.25) is 23.6 Å². The van der Waals surface area contributed by atoms with Gasteiger partial charge in [0.25, 0.3) is 0 Å². The first-order valence-corrected chi connectivity index (χ1v) is 17.5. The second-order valence-electron chi connectivity index (χ2n) is 16.5. The summed E-state index contributed by atoms with van der Waals surface area (Å²) in [5, 5.41) is 0. The van der Waals surface area contributed by atoms with Gasteiger partial charge in [-0.15, -0.1) is 0 Å². The Hall–Kier alpha value is -2.73. The van der Waals surface area contributed by atoms with Crippen molar-refractivity contribution < 1.29 is 31.9 Å². The van der Waals surface area contributed by atoms with Gasteiger partial charge in [0, 0.05) is 87.6 Å². The summed E-state index contributed by atoms with van der Waals surface area (Å²) in [6.45, 7) is 14.6. The maximum atomic E-state index is 15.3. The zero-order chi connectivity index (χ0) is 35.3. The average molecular weight is 680 g/mol. The Kier molecular flexibility index (Phi) is 10.3. The summed E-state index contributed by atoms with van der Waals surface area (Å²) in [5.74, 6) is -6.17. The van der Waals surface area contributed by atoms with Crippen molar-refractivity contribution in [3.05, 3.63) is 35.4 Å². The quantitative estimate of drug-likeness (QED) is 0.412. The number of hydrogen-bond acceptors (Lipinski definition) is 5. The molecule has 268 valence electrons. The smallest absolute Gasteiger partial charge is 0.248 e. The number of carbonyl (C=O) groups excluding carboxylic acids is 3. The number of benzene rings is 1. The molecule has 0 aromatic heterocycles. The lowest BCUT2D eigenvalue weighted by Gasteiger charge is -2.43. The molecule has 3 aliphatic heterocycles. The van der Waals surface area contributed by atoms with Crippen LogP contribution in [-0.2, 0) is 14.4 Å². The first kappa shape index (κ1) is 36.5. The van der Waals surface area contributed by atoms with Crippen molar-refractivity contribution in [2.45, 2.75) is 109 Å². The molecule has 4 atom stereocenters. The predicted molar refractivity (Wildman–Crippen MR) is 175 cm³/mol. The van der Waals surface area contributed by atoms with Crippen molar-refractivity contribution in [2.75, 3.05) is 52.9 Å². The lowest BCUT2D eigenvalue weighted by Crippen LogP contribution is -2.54. The maximum Gasteiger partial charge on any atom is 0.248 e. The Bertz CT molecular complexity index is 1360. The van der Waals surface area contributed by atoms with Crippen molar-refractivity contribution in [1.29, 1.82) is 0 Å². The summed E-state index contributed by atoms with van der Waals surface area (Å²) in [7, 11) is 1.99. The minimum absolute atomic E-state index is 0.0856. The second-order valence-corrected chi connectivity index (χ2v) is 16.5. The van der Waals surface area contributed by atoms with Gasteiger partial charge in [-0.25, -0.2) is 17.6 Å². The Morgan fingerprint density at radius 2 is 1.48 bits per heavy atom. The van der Waals surface area contributed by atoms with Crippen molar-refractivity contribution in [2.24, 2.45) is 11.3 Å². The summed E-state index contributed by atoms with van der Waals surface area (Å²) in [6, 6.07) is 1.62. The fourth-order valence-corrected chi connectivity index (χ4v) is 7.98. The molecule has 0 unspecified atom stereocenters. The summed E-state index contributed by atoms with van der Waals surface area (Å²) >= 11 is 0. The Morgan fingerprint density at radius 1 is 0.854 bits per heavy atom. The fourth-order valence-electron chi connectivity index (χ4n) is 7.98. The third-order valence-corrected chi connectivity index (χ3v) is 11.0. The summed E-state index contributed by atoms with van der Waals surface area (Å²) in [5.41, 5.74) is -0.893. The first-order chi connectivity index (χ1) is 22.3. The monoisotopic (exact) mass is 679 g/mol. The number of halogens is 4. The van der Waals surface area contributed by atoms with Gasteiger partial charge >= 0.3 is 0 Å². The number of likely N-dealkylation sites (N-methyl/N-ethyl adjacent to an activating group) is 1. The number of amides is 3. The van der Waals surface area contributed by atoms with Gasteiger partial charge in [0.1, 0.15) is 17.7 Å². The Labute approximate surface area is 282 Å². The fraction of sp³-hybridized carbons (Fsp3) is 0.750. The van der Waals surface area contributed by atoms with Crippen LogP contribution in [0.1, 0.15) is 85.1 Å². The molecule has 48 heavy (non-hydrogen) atoms. The average Bonchev–Trinajstić information content (AvgIpc) is 3.63. The Balaban J connectivity index is 1.51. The highest BCUT2D eigenvalue weighted by molar-refractivity contribution is 5.91. The highest BCUT2D eigenvalue weighted by Crippen LogP contribution is 2.42. The van der Waals surface area contributed by atoms with Crippen LogP contribution in [0.5, 0.6) is 0 Å². The first-order valence-electron chi connectivity index (χ1n) is 17.5. The van der Waals surface area contributed by atoms with Gasteiger partial charge in [-0.2, -0.15) is 0 Å². The van der Waals surface area contributed by atoms with E-state index in [1.807, 2.05) is 27.8 Å². The van der Waals surface area contributed by atoms with E-state index in [-0.39, 0.29) is 67.5 Å². The van der Waals surface area contributed by atoms with E-state index in [2.05, 4.69) is 9.80 Å². The van der Waals surface area contributed by atoms with Crippen molar-refractivity contribution >= 4 is 17.7 Å². The number of rotatable bonds is 5. The van der Waals surface area contributed by atoms with Crippen LogP contribution in [-0.4, -0.2) is 125 Å². The van der Waals surface area contributed by atoms with Crippen molar-refractivity contribution in [3.8, 4) is 0 Å². The van der Waals surface area contributed by atoms with Crippen LogP contribution in [0.25, 0.3) is 0 Å². The van der Waals surface area contributed by atoms with Crippen molar-refractivity contribution in [3.63, 3.8) is 0 Å². The number of piperazine rings is 1. The topological polar surface area (TPSA) is 67.4 Å². The van der Waals surface area contributed by atoms with E-state index < -0.39 is 52.9 Å². The van der Waals surface area contributed by atoms with Crippen LogP contribution in [0.15, 0.2) is 18.2 Å². The molecule has 1 aromatic rings. The number of likely N-dealkylation sites (tertiary alicyclic amines) is 2. The minimum Gasteiger partial charge on any atom is -0.338 e. The minimum atomic E-state index is -2.78. The van der Waals surface area contributed by atoms with Crippen LogP contribution in [0.3, 0.4) is 0 Å². The molecular formula is C36H53F4N5O3. The summed E-state index contributed by atoms with van der Waals surface area (Å²) in [6.07, 6.45) is -0.145. The lowest BCUT2D eigenvalue weighted by molar-refractivity contribution is -0.149. The van der Waals surface area contributed by atoms with Gasteiger partial charge in [-0.1, -0.05) is 26.8 Å². The molecular weight excluding hydrogens is 626 g/mol. The van der Waals surface area contributed by atoms with Gasteiger partial charge in [-0.3, -0.25) is 19.3 Å². The van der Waals surface area contributed by atoms with Crippen LogP contribution in [0.4, 0.5) is 17.6 Å². The molecule has 3 amide bonds. The molecule has 1 saturated carbocycles. The SMILES string of the molecule is CN1CCN(C(=O)[C@@H]2C[C@H](N(C(=O)C(C)(C)C)C3CCC(F)(F)CC3)CN2C(=O)[C@H]2CN(C(C)(C)C)C[C@H]2c2ccc(F)cc2F)CC1. The highest BCUT2D eigenvalue weighted by atomic mass is 19.3. The van der Waals surface area contributed by atoms with Gasteiger partial charge < -0.3 is 19.6 Å². The Morgan fingerprint density at radius 3 is 2.04 bits per heavy atom. The molecule has 12 heteroatoms. The second kappa shape index (κ2) is 13.5. The van der Waals surface area contributed by atoms with E-state index in [4.69, 9.17) is 0 Å². The highest BCUT2D eigenvalue weighted by Gasteiger charge is 2.52. The van der Waals surface area contributed by atoms with E-state index >= 15 is 4.39 Å². The molecule has 3 saturated heterocycles. The lowest BCUT2D eigenvalue weighted by atomic mass is 9.86. The number of carbonyl (C=O) groups is 3. The van der Waals surface area contributed by atoms with Gasteiger partial charge in [0.15, 0.2) is 0 Å². The van der Waals surface area contributed by atoms with E-state index in [0.29, 0.717) is 39.3 Å². The molecule has 0 bridgehead atoms. The number of alkyl halides is 2. The third-order valence-electron chi connectivity index (χ3n) is 11.0. The van der Waals surface area contributed by atoms with Crippen LogP contribution in [0, 0.1) is 23.0 Å². The normalized spacial score (nSPS) is 27.8. The molecule has 0 N–H and O–H groups in total. The standard InChI is InChI=1S/C36H53F4N5O3/c1-34(2,3)33(48)45(24-10-12-36(39,40)13-11-24)25-19-30(32(47)42-16-14-41(7)15-17-42)44(20-25)31(46)28-22-43(35(4,5)6)21-27(28)26-9-8-23(37)18-29(26)38/h8-9,18,24-25,27-28,30H,10-17,19-22H2,1-7H3/t25-,27-,28-,30-/m0/s1. The molecule has 4 aliphatic rings. The molecule has 4 fully saturated rings. The molecule has 1 aromatic carbocycles. The number of hydrogen-bond donors (Lipinski definition) is 0. The van der Waals surface area contributed by atoms with Crippen LogP contribution in [0.2, 0.25) is 0 Å². The van der Waals surface area contributed by atoms with Crippen molar-refractivity contribution in [1.82, 2.24) is 24.5 Å². The largest absolute Gasteiger partial charge is 0.338 e. The third kappa shape index (κ3) is 7.69. The molecule has 1 aliphatic carbocycles. The van der Waals surface area contributed by atoms with Gasteiger partial charge in [0.05, 0.1) is 12.0 Å². The summed E-state index contributed by atoms with van der Waals surface area (Å²) in [4.78, 5) is 52.6. The molecule has 0 spiro atoms. The molecule has 3 heterocycles. The molecule has 5 rings (SSSR count). The maximum absolute atomic E-state index is 15.3.